The molecule has 0 fully saturated rings. The van der Waals surface area contributed by atoms with Crippen LogP contribution in [-0.4, -0.2) is 31.1 Å². The van der Waals surface area contributed by atoms with Gasteiger partial charge in [0.2, 0.25) is 5.88 Å². The Hall–Kier alpha value is -1.50. The van der Waals surface area contributed by atoms with Gasteiger partial charge in [-0.1, -0.05) is 0 Å². The summed E-state index contributed by atoms with van der Waals surface area (Å²) in [5.41, 5.74) is 0.610. The van der Waals surface area contributed by atoms with Gasteiger partial charge in [-0.2, -0.15) is 0 Å². The number of nitrogens with zero attached hydrogens (tertiary/aromatic N) is 1. The lowest BCUT2D eigenvalue weighted by Crippen LogP contribution is -2.19. The number of anilines is 1. The van der Waals surface area contributed by atoms with Crippen molar-refractivity contribution in [3.8, 4) is 5.88 Å². The molecule has 0 atom stereocenters. The third-order valence-electron chi connectivity index (χ3n) is 1.73. The predicted molar refractivity (Wildman–Crippen MR) is 55.9 cm³/mol. The molecular formula is C10H13F3N2O2. The first kappa shape index (κ1) is 13.6. The van der Waals surface area contributed by atoms with Crippen LogP contribution < -0.4 is 10.1 Å². The maximum atomic E-state index is 11.6. The monoisotopic (exact) mass is 250 g/mol. The molecule has 0 aliphatic carbocycles. The van der Waals surface area contributed by atoms with Crippen molar-refractivity contribution in [2.75, 3.05) is 25.1 Å². The largest absolute Gasteiger partial charge is 0.522 e. The molecule has 4 nitrogen and oxygen atoms in total. The summed E-state index contributed by atoms with van der Waals surface area (Å²) in [5.74, 6) is 0.476. The van der Waals surface area contributed by atoms with Crippen molar-refractivity contribution in [2.45, 2.75) is 13.3 Å². The molecular weight excluding hydrogens is 237 g/mol. The van der Waals surface area contributed by atoms with Gasteiger partial charge in [-0.25, -0.2) is 4.98 Å². The summed E-state index contributed by atoms with van der Waals surface area (Å²) in [5, 5.41) is 2.74. The molecule has 0 radical (unpaired) electrons. The van der Waals surface area contributed by atoms with Gasteiger partial charge in [-0.15, -0.1) is 13.2 Å². The fourth-order valence-corrected chi connectivity index (χ4v) is 1.08. The smallest absolute Gasteiger partial charge is 0.478 e. The lowest BCUT2D eigenvalue weighted by Gasteiger charge is -2.09. The van der Waals surface area contributed by atoms with E-state index in [1.54, 1.807) is 12.1 Å². The molecule has 1 N–H and O–H groups in total. The first-order chi connectivity index (χ1) is 8.01. The molecule has 0 aliphatic heterocycles. The van der Waals surface area contributed by atoms with Gasteiger partial charge in [0.05, 0.1) is 25.1 Å². The molecule has 1 aromatic rings. The SMILES string of the molecule is CCOc1ccc(NCCOC(F)(F)F)cn1. The molecule has 0 unspecified atom stereocenters. The van der Waals surface area contributed by atoms with Crippen molar-refractivity contribution >= 4 is 5.69 Å². The molecule has 0 saturated heterocycles. The summed E-state index contributed by atoms with van der Waals surface area (Å²) < 4.78 is 43.6. The van der Waals surface area contributed by atoms with Crippen LogP contribution in [-0.2, 0) is 4.74 Å². The summed E-state index contributed by atoms with van der Waals surface area (Å²) in [7, 11) is 0. The Labute approximate surface area is 96.7 Å². The Balaban J connectivity index is 2.27. The summed E-state index contributed by atoms with van der Waals surface area (Å²) in [6.07, 6.45) is -3.10. The van der Waals surface area contributed by atoms with E-state index in [-0.39, 0.29) is 6.54 Å². The Morgan fingerprint density at radius 2 is 2.12 bits per heavy atom. The Bertz CT molecular complexity index is 327. The van der Waals surface area contributed by atoms with Crippen molar-refractivity contribution in [2.24, 2.45) is 0 Å². The van der Waals surface area contributed by atoms with Crippen LogP contribution in [0.1, 0.15) is 6.92 Å². The zero-order valence-electron chi connectivity index (χ0n) is 9.25. The topological polar surface area (TPSA) is 43.4 Å². The standard InChI is InChI=1S/C10H13F3N2O2/c1-2-16-9-4-3-8(7-15-9)14-5-6-17-10(11,12)13/h3-4,7,14H,2,5-6H2,1H3. The number of rotatable bonds is 6. The number of alkyl halides is 3. The molecule has 1 rings (SSSR count). The van der Waals surface area contributed by atoms with Gasteiger partial charge < -0.3 is 10.1 Å². The van der Waals surface area contributed by atoms with Crippen molar-refractivity contribution in [1.82, 2.24) is 4.98 Å². The van der Waals surface area contributed by atoms with Crippen molar-refractivity contribution in [3.05, 3.63) is 18.3 Å². The summed E-state index contributed by atoms with van der Waals surface area (Å²) in [6.45, 7) is 1.95. The van der Waals surface area contributed by atoms with E-state index in [0.717, 1.165) is 0 Å². The zero-order valence-corrected chi connectivity index (χ0v) is 9.25. The van der Waals surface area contributed by atoms with Crippen LogP contribution in [0.25, 0.3) is 0 Å². The molecule has 1 aromatic heterocycles. The second kappa shape index (κ2) is 6.29. The molecule has 0 spiro atoms. The first-order valence-corrected chi connectivity index (χ1v) is 5.04. The third kappa shape index (κ3) is 5.96. The Morgan fingerprint density at radius 3 is 2.65 bits per heavy atom. The fourth-order valence-electron chi connectivity index (χ4n) is 1.08. The van der Waals surface area contributed by atoms with E-state index < -0.39 is 13.0 Å². The summed E-state index contributed by atoms with van der Waals surface area (Å²) in [4.78, 5) is 3.95. The highest BCUT2D eigenvalue weighted by Gasteiger charge is 2.28. The number of aromatic nitrogens is 1. The number of ether oxygens (including phenoxy) is 2. The first-order valence-electron chi connectivity index (χ1n) is 5.04. The Kier molecular flexibility index (Phi) is 5.02. The molecule has 0 saturated carbocycles. The van der Waals surface area contributed by atoms with Gasteiger partial charge in [-0.05, 0) is 13.0 Å². The highest BCUT2D eigenvalue weighted by Crippen LogP contribution is 2.16. The lowest BCUT2D eigenvalue weighted by atomic mass is 10.4. The minimum absolute atomic E-state index is 0.0508. The maximum absolute atomic E-state index is 11.6. The molecule has 0 aromatic carbocycles. The van der Waals surface area contributed by atoms with E-state index in [1.807, 2.05) is 6.92 Å². The van der Waals surface area contributed by atoms with Crippen LogP contribution in [0.3, 0.4) is 0 Å². The van der Waals surface area contributed by atoms with Crippen LogP contribution in [0.4, 0.5) is 18.9 Å². The average molecular weight is 250 g/mol. The van der Waals surface area contributed by atoms with Crippen molar-refractivity contribution < 1.29 is 22.6 Å². The van der Waals surface area contributed by atoms with E-state index in [9.17, 15) is 13.2 Å². The van der Waals surface area contributed by atoms with Gasteiger partial charge in [0, 0.05) is 12.6 Å². The number of halogens is 3. The summed E-state index contributed by atoms with van der Waals surface area (Å²) in [6, 6.07) is 3.31. The van der Waals surface area contributed by atoms with Crippen molar-refractivity contribution in [1.29, 1.82) is 0 Å². The van der Waals surface area contributed by atoms with E-state index in [0.29, 0.717) is 18.2 Å². The lowest BCUT2D eigenvalue weighted by molar-refractivity contribution is -0.322. The Morgan fingerprint density at radius 1 is 1.35 bits per heavy atom. The van der Waals surface area contributed by atoms with E-state index in [1.165, 1.54) is 6.20 Å². The highest BCUT2D eigenvalue weighted by molar-refractivity contribution is 5.41. The number of hydrogen-bond acceptors (Lipinski definition) is 4. The molecule has 1 heterocycles. The molecule has 7 heteroatoms. The van der Waals surface area contributed by atoms with Gasteiger partial charge in [0.1, 0.15) is 0 Å². The van der Waals surface area contributed by atoms with Gasteiger partial charge in [0.15, 0.2) is 0 Å². The van der Waals surface area contributed by atoms with Crippen LogP contribution in [0.15, 0.2) is 18.3 Å². The average Bonchev–Trinajstić information content (AvgIpc) is 2.26. The van der Waals surface area contributed by atoms with Gasteiger partial charge in [0.25, 0.3) is 0 Å². The zero-order chi connectivity index (χ0) is 12.7. The van der Waals surface area contributed by atoms with E-state index in [2.05, 4.69) is 15.0 Å². The molecule has 0 aliphatic rings. The minimum Gasteiger partial charge on any atom is -0.478 e. The van der Waals surface area contributed by atoms with Gasteiger partial charge in [-0.3, -0.25) is 4.74 Å². The molecule has 0 bridgehead atoms. The third-order valence-corrected chi connectivity index (χ3v) is 1.73. The van der Waals surface area contributed by atoms with Crippen LogP contribution in [0.2, 0.25) is 0 Å². The highest BCUT2D eigenvalue weighted by atomic mass is 19.4. The normalized spacial score (nSPS) is 11.3. The van der Waals surface area contributed by atoms with Gasteiger partial charge >= 0.3 is 6.36 Å². The molecule has 96 valence electrons. The second-order valence-electron chi connectivity index (χ2n) is 3.04. The summed E-state index contributed by atoms with van der Waals surface area (Å²) >= 11 is 0. The van der Waals surface area contributed by atoms with E-state index in [4.69, 9.17) is 4.74 Å². The van der Waals surface area contributed by atoms with Crippen molar-refractivity contribution in [3.63, 3.8) is 0 Å². The predicted octanol–water partition coefficient (Wildman–Crippen LogP) is 2.43. The maximum Gasteiger partial charge on any atom is 0.522 e. The van der Waals surface area contributed by atoms with E-state index >= 15 is 0 Å². The molecule has 17 heavy (non-hydrogen) atoms. The fraction of sp³-hybridized carbons (Fsp3) is 0.500. The number of pyridine rings is 1. The minimum atomic E-state index is -4.58. The van der Waals surface area contributed by atoms with Crippen LogP contribution in [0.5, 0.6) is 5.88 Å². The number of hydrogen-bond donors (Lipinski definition) is 1. The van der Waals surface area contributed by atoms with Crippen LogP contribution in [0, 0.1) is 0 Å². The number of nitrogens with one attached hydrogen (secondary N) is 1. The second-order valence-corrected chi connectivity index (χ2v) is 3.04. The molecule has 0 amide bonds. The quantitative estimate of drug-likeness (QED) is 0.787. The van der Waals surface area contributed by atoms with Crippen LogP contribution >= 0.6 is 0 Å².